The molecular weight excluding hydrogens is 328 g/mol. The van der Waals surface area contributed by atoms with Gasteiger partial charge in [0.15, 0.2) is 0 Å². The minimum Gasteiger partial charge on any atom is -0.497 e. The van der Waals surface area contributed by atoms with Gasteiger partial charge >= 0.3 is 5.97 Å². The lowest BCUT2D eigenvalue weighted by atomic mass is 9.98. The Bertz CT molecular complexity index is 917. The molecule has 3 aromatic carbocycles. The Morgan fingerprint density at radius 1 is 0.923 bits per heavy atom. The molecule has 0 aliphatic heterocycles. The molecule has 4 nitrogen and oxygen atoms in total. The normalized spacial score (nSPS) is 11.8. The summed E-state index contributed by atoms with van der Waals surface area (Å²) in [5, 5.41) is 2.13. The van der Waals surface area contributed by atoms with Crippen LogP contribution in [0.1, 0.15) is 24.0 Å². The van der Waals surface area contributed by atoms with Gasteiger partial charge in [0.25, 0.3) is 0 Å². The molecule has 3 rings (SSSR count). The zero-order valence-corrected chi connectivity index (χ0v) is 15.2. The molecule has 0 fully saturated rings. The summed E-state index contributed by atoms with van der Waals surface area (Å²) in [6.45, 7) is 2.05. The molecule has 3 aromatic rings. The van der Waals surface area contributed by atoms with Gasteiger partial charge < -0.3 is 14.2 Å². The van der Waals surface area contributed by atoms with Crippen LogP contribution in [0, 0.1) is 0 Å². The summed E-state index contributed by atoms with van der Waals surface area (Å²) < 4.78 is 16.0. The Balaban J connectivity index is 1.72. The van der Waals surface area contributed by atoms with Gasteiger partial charge in [0.05, 0.1) is 20.1 Å². The van der Waals surface area contributed by atoms with Crippen molar-refractivity contribution in [2.75, 3.05) is 14.2 Å². The molecule has 0 radical (unpaired) electrons. The van der Waals surface area contributed by atoms with Gasteiger partial charge in [0.1, 0.15) is 18.1 Å². The summed E-state index contributed by atoms with van der Waals surface area (Å²) >= 11 is 0. The fraction of sp³-hybridized carbons (Fsp3) is 0.227. The molecule has 0 bridgehead atoms. The van der Waals surface area contributed by atoms with Crippen molar-refractivity contribution in [2.45, 2.75) is 19.4 Å². The number of hydrogen-bond acceptors (Lipinski definition) is 4. The number of ether oxygens (including phenoxy) is 3. The second kappa shape index (κ2) is 7.91. The minimum atomic E-state index is -0.351. The quantitative estimate of drug-likeness (QED) is 0.604. The first-order valence-electron chi connectivity index (χ1n) is 8.48. The number of carbonyl (C=O) groups excluding carboxylic acids is 1. The molecule has 0 aliphatic carbocycles. The van der Waals surface area contributed by atoms with E-state index in [0.29, 0.717) is 5.75 Å². The summed E-state index contributed by atoms with van der Waals surface area (Å²) in [6.07, 6.45) is 0. The number of esters is 1. The first-order chi connectivity index (χ1) is 12.6. The average Bonchev–Trinajstić information content (AvgIpc) is 2.70. The second-order valence-corrected chi connectivity index (χ2v) is 6.11. The lowest BCUT2D eigenvalue weighted by molar-refractivity contribution is -0.146. The Morgan fingerprint density at radius 2 is 1.65 bits per heavy atom. The molecule has 26 heavy (non-hydrogen) atoms. The van der Waals surface area contributed by atoms with Crippen molar-refractivity contribution in [3.05, 3.63) is 71.8 Å². The lowest BCUT2D eigenvalue weighted by Crippen LogP contribution is -2.13. The number of carbonyl (C=O) groups is 1. The highest BCUT2D eigenvalue weighted by molar-refractivity contribution is 5.86. The molecule has 0 spiro atoms. The monoisotopic (exact) mass is 350 g/mol. The van der Waals surface area contributed by atoms with E-state index < -0.39 is 0 Å². The molecule has 0 aromatic heterocycles. The van der Waals surface area contributed by atoms with Crippen LogP contribution in [0.5, 0.6) is 11.5 Å². The van der Waals surface area contributed by atoms with E-state index in [1.807, 2.05) is 67.6 Å². The van der Waals surface area contributed by atoms with E-state index >= 15 is 0 Å². The molecule has 0 N–H and O–H groups in total. The summed E-state index contributed by atoms with van der Waals surface area (Å²) in [5.41, 5.74) is 1.77. The van der Waals surface area contributed by atoms with Crippen LogP contribution in [0.3, 0.4) is 0 Å². The molecule has 1 atom stereocenters. The van der Waals surface area contributed by atoms with E-state index in [1.165, 1.54) is 0 Å². The topological polar surface area (TPSA) is 44.8 Å². The zero-order chi connectivity index (χ0) is 18.5. The van der Waals surface area contributed by atoms with E-state index in [2.05, 4.69) is 0 Å². The van der Waals surface area contributed by atoms with Crippen molar-refractivity contribution < 1.29 is 19.0 Å². The van der Waals surface area contributed by atoms with Crippen LogP contribution in [-0.4, -0.2) is 20.2 Å². The summed E-state index contributed by atoms with van der Waals surface area (Å²) in [5.74, 6) is 0.919. The highest BCUT2D eigenvalue weighted by Crippen LogP contribution is 2.26. The largest absolute Gasteiger partial charge is 0.497 e. The fourth-order valence-electron chi connectivity index (χ4n) is 2.87. The maximum absolute atomic E-state index is 12.5. The Labute approximate surface area is 153 Å². The number of hydrogen-bond donors (Lipinski definition) is 0. The van der Waals surface area contributed by atoms with Crippen molar-refractivity contribution in [1.82, 2.24) is 0 Å². The van der Waals surface area contributed by atoms with Gasteiger partial charge in [-0.2, -0.15) is 0 Å². The van der Waals surface area contributed by atoms with Crippen molar-refractivity contribution in [1.29, 1.82) is 0 Å². The molecule has 4 heteroatoms. The molecule has 0 amide bonds. The van der Waals surface area contributed by atoms with Crippen LogP contribution >= 0.6 is 0 Å². The SMILES string of the molecule is COc1ccc2cc(C(C)C(=O)OCc3ccccc3OC)ccc2c1. The van der Waals surface area contributed by atoms with E-state index in [-0.39, 0.29) is 18.5 Å². The molecule has 0 aliphatic rings. The van der Waals surface area contributed by atoms with Crippen molar-refractivity contribution >= 4 is 16.7 Å². The van der Waals surface area contributed by atoms with Gasteiger partial charge in [-0.1, -0.05) is 42.5 Å². The van der Waals surface area contributed by atoms with Gasteiger partial charge in [-0.15, -0.1) is 0 Å². The van der Waals surface area contributed by atoms with Gasteiger partial charge in [-0.05, 0) is 41.5 Å². The van der Waals surface area contributed by atoms with Crippen molar-refractivity contribution in [3.8, 4) is 11.5 Å². The number of rotatable bonds is 6. The highest BCUT2D eigenvalue weighted by Gasteiger charge is 2.18. The van der Waals surface area contributed by atoms with Gasteiger partial charge in [0.2, 0.25) is 0 Å². The van der Waals surface area contributed by atoms with E-state index in [1.54, 1.807) is 14.2 Å². The number of benzene rings is 3. The van der Waals surface area contributed by atoms with Crippen LogP contribution in [0.25, 0.3) is 10.8 Å². The second-order valence-electron chi connectivity index (χ2n) is 6.11. The predicted molar refractivity (Wildman–Crippen MR) is 102 cm³/mol. The number of para-hydroxylation sites is 1. The third kappa shape index (κ3) is 3.80. The molecule has 0 saturated heterocycles. The zero-order valence-electron chi connectivity index (χ0n) is 15.2. The standard InChI is InChI=1S/C22H22O4/c1-15(22(23)26-14-19-6-4-5-7-21(19)25-3)16-8-9-18-13-20(24-2)11-10-17(18)12-16/h4-13,15H,14H2,1-3H3. The smallest absolute Gasteiger partial charge is 0.313 e. The highest BCUT2D eigenvalue weighted by atomic mass is 16.5. The molecule has 1 unspecified atom stereocenters. The van der Waals surface area contributed by atoms with Gasteiger partial charge in [0, 0.05) is 5.56 Å². The van der Waals surface area contributed by atoms with E-state index in [0.717, 1.165) is 27.6 Å². The van der Waals surface area contributed by atoms with Gasteiger partial charge in [-0.3, -0.25) is 4.79 Å². The summed E-state index contributed by atoms with van der Waals surface area (Å²) in [6, 6.07) is 19.4. The summed E-state index contributed by atoms with van der Waals surface area (Å²) in [7, 11) is 3.25. The van der Waals surface area contributed by atoms with Crippen LogP contribution in [0.2, 0.25) is 0 Å². The van der Waals surface area contributed by atoms with Crippen molar-refractivity contribution in [2.24, 2.45) is 0 Å². The van der Waals surface area contributed by atoms with Crippen LogP contribution in [-0.2, 0) is 16.1 Å². The maximum atomic E-state index is 12.5. The van der Waals surface area contributed by atoms with Crippen molar-refractivity contribution in [3.63, 3.8) is 0 Å². The molecular formula is C22H22O4. The third-order valence-electron chi connectivity index (χ3n) is 4.49. The minimum absolute atomic E-state index is 0.192. The number of methoxy groups -OCH3 is 2. The fourth-order valence-corrected chi connectivity index (χ4v) is 2.87. The first-order valence-corrected chi connectivity index (χ1v) is 8.48. The van der Waals surface area contributed by atoms with E-state index in [4.69, 9.17) is 14.2 Å². The Morgan fingerprint density at radius 3 is 2.42 bits per heavy atom. The number of fused-ring (bicyclic) bond motifs is 1. The third-order valence-corrected chi connectivity index (χ3v) is 4.49. The van der Waals surface area contributed by atoms with Crippen LogP contribution in [0.15, 0.2) is 60.7 Å². The maximum Gasteiger partial charge on any atom is 0.313 e. The Kier molecular flexibility index (Phi) is 5.42. The molecule has 0 heterocycles. The lowest BCUT2D eigenvalue weighted by Gasteiger charge is -2.14. The summed E-state index contributed by atoms with van der Waals surface area (Å²) in [4.78, 5) is 12.5. The molecule has 0 saturated carbocycles. The Hall–Kier alpha value is -3.01. The first kappa shape index (κ1) is 17.8. The predicted octanol–water partition coefficient (Wildman–Crippen LogP) is 4.70. The van der Waals surface area contributed by atoms with Gasteiger partial charge in [-0.25, -0.2) is 0 Å². The van der Waals surface area contributed by atoms with Crippen LogP contribution < -0.4 is 9.47 Å². The van der Waals surface area contributed by atoms with E-state index in [9.17, 15) is 4.79 Å². The molecule has 134 valence electrons. The van der Waals surface area contributed by atoms with Crippen LogP contribution in [0.4, 0.5) is 0 Å². The average molecular weight is 350 g/mol.